The van der Waals surface area contributed by atoms with Crippen LogP contribution in [0, 0.1) is 0 Å². The monoisotopic (exact) mass is 1030 g/mol. The molecule has 0 aliphatic heterocycles. The van der Waals surface area contributed by atoms with Crippen LogP contribution in [0.5, 0.6) is 0 Å². The van der Waals surface area contributed by atoms with E-state index < -0.39 is 11.3 Å². The van der Waals surface area contributed by atoms with Gasteiger partial charge in [-0.15, -0.1) is 22.7 Å². The molecule has 0 bridgehead atoms. The minimum Gasteiger partial charge on any atom is -0.422 e. The summed E-state index contributed by atoms with van der Waals surface area (Å²) in [6.45, 7) is 11.9. The molecular formula is C65H51N3O6S2. The van der Waals surface area contributed by atoms with Gasteiger partial charge in [0.05, 0.1) is 16.7 Å². The molecule has 76 heavy (non-hydrogen) atoms. The molecule has 12 aromatic rings. The third-order valence-corrected chi connectivity index (χ3v) is 16.8. The van der Waals surface area contributed by atoms with Gasteiger partial charge in [0.25, 0.3) is 0 Å². The van der Waals surface area contributed by atoms with E-state index in [1.54, 1.807) is 22.7 Å². The van der Waals surface area contributed by atoms with Gasteiger partial charge in [0.15, 0.2) is 0 Å². The number of thiophene rings is 2. The molecule has 0 aliphatic carbocycles. The zero-order valence-corrected chi connectivity index (χ0v) is 44.0. The Balaban J connectivity index is 0.859. The molecule has 374 valence electrons. The second kappa shape index (κ2) is 20.2. The summed E-state index contributed by atoms with van der Waals surface area (Å²) < 4.78 is 17.7. The van der Waals surface area contributed by atoms with Crippen molar-refractivity contribution in [3.8, 4) is 52.9 Å². The summed E-state index contributed by atoms with van der Waals surface area (Å²) in [5.74, 6) is 0. The van der Waals surface area contributed by atoms with E-state index in [1.165, 1.54) is 0 Å². The minimum absolute atomic E-state index is 0.348. The quantitative estimate of drug-likeness (QED) is 0.0778. The third-order valence-electron chi connectivity index (χ3n) is 14.3. The topological polar surface area (TPSA) is 100 Å². The van der Waals surface area contributed by atoms with Gasteiger partial charge >= 0.3 is 16.9 Å². The second-order valence-electron chi connectivity index (χ2n) is 18.6. The van der Waals surface area contributed by atoms with E-state index in [1.807, 2.05) is 127 Å². The first-order chi connectivity index (χ1) is 37.2. The Morgan fingerprint density at radius 2 is 0.763 bits per heavy atom. The summed E-state index contributed by atoms with van der Waals surface area (Å²) in [5.41, 5.74) is 9.28. The molecule has 0 atom stereocenters. The van der Waals surface area contributed by atoms with Crippen LogP contribution in [0.25, 0.3) is 96.6 Å². The van der Waals surface area contributed by atoms with E-state index in [0.717, 1.165) is 118 Å². The lowest BCUT2D eigenvalue weighted by Gasteiger charge is -2.26. The van der Waals surface area contributed by atoms with E-state index in [2.05, 4.69) is 103 Å². The summed E-state index contributed by atoms with van der Waals surface area (Å²) in [4.78, 5) is 51.2. The van der Waals surface area contributed by atoms with Crippen molar-refractivity contribution in [3.05, 3.63) is 219 Å². The smallest absolute Gasteiger partial charge is 0.345 e. The maximum atomic E-state index is 13.6. The molecule has 5 aromatic heterocycles. The fourth-order valence-electron chi connectivity index (χ4n) is 10.3. The lowest BCUT2D eigenvalue weighted by molar-refractivity contribution is 0.563. The Morgan fingerprint density at radius 1 is 0.342 bits per heavy atom. The first-order valence-electron chi connectivity index (χ1n) is 25.6. The standard InChI is InChI=1S/C65H51N3O6S2/c1-5-66(6-2)49-28-19-44-35-52(63(69)73-57(44)37-49)41-13-22-46(23-14-41)68(47-24-15-42(16-25-47)53-39-54-51-12-10-9-11-40(51)21-30-56(54)72-64(53)70)48-26-17-43(18-27-48)59-31-33-61(75-59)62-34-32-60(76-62)55-36-45-20-29-50(67(7-3)8-4)38-58(45)74-65(55)71/h9-39H,5-8H2,1-4H3. The van der Waals surface area contributed by atoms with Gasteiger partial charge in [-0.25, -0.2) is 14.4 Å². The minimum atomic E-state index is -0.403. The van der Waals surface area contributed by atoms with Crippen molar-refractivity contribution in [2.24, 2.45) is 0 Å². The highest BCUT2D eigenvalue weighted by atomic mass is 32.1. The average Bonchev–Trinajstić information content (AvgIpc) is 4.16. The van der Waals surface area contributed by atoms with E-state index in [0.29, 0.717) is 33.4 Å². The summed E-state index contributed by atoms with van der Waals surface area (Å²) in [7, 11) is 0. The molecule has 0 radical (unpaired) electrons. The Morgan fingerprint density at radius 3 is 1.32 bits per heavy atom. The number of rotatable bonds is 14. The van der Waals surface area contributed by atoms with Gasteiger partial charge in [-0.2, -0.15) is 0 Å². The molecule has 0 saturated heterocycles. The predicted octanol–water partition coefficient (Wildman–Crippen LogP) is 16.8. The first kappa shape index (κ1) is 48.2. The van der Waals surface area contributed by atoms with Gasteiger partial charge in [0, 0.05) is 102 Å². The van der Waals surface area contributed by atoms with E-state index >= 15 is 0 Å². The highest BCUT2D eigenvalue weighted by molar-refractivity contribution is 7.25. The molecule has 12 rings (SSSR count). The van der Waals surface area contributed by atoms with E-state index in [4.69, 9.17) is 13.3 Å². The number of anilines is 5. The van der Waals surface area contributed by atoms with Crippen molar-refractivity contribution in [2.45, 2.75) is 27.7 Å². The second-order valence-corrected chi connectivity index (χ2v) is 20.8. The fourth-order valence-corrected chi connectivity index (χ4v) is 12.4. The zero-order chi connectivity index (χ0) is 52.0. The molecule has 0 saturated carbocycles. The Labute approximate surface area is 446 Å². The molecule has 5 heterocycles. The average molecular weight is 1030 g/mol. The van der Waals surface area contributed by atoms with Crippen molar-refractivity contribution in [3.63, 3.8) is 0 Å². The zero-order valence-electron chi connectivity index (χ0n) is 42.3. The van der Waals surface area contributed by atoms with Gasteiger partial charge in [-0.05, 0) is 164 Å². The molecular weight excluding hydrogens is 983 g/mol. The van der Waals surface area contributed by atoms with Crippen LogP contribution in [0.4, 0.5) is 28.4 Å². The fraction of sp³-hybridized carbons (Fsp3) is 0.123. The highest BCUT2D eigenvalue weighted by Gasteiger charge is 2.19. The van der Waals surface area contributed by atoms with Crippen LogP contribution in [-0.4, -0.2) is 26.2 Å². The summed E-state index contributed by atoms with van der Waals surface area (Å²) in [6, 6.07) is 62.5. The molecule has 0 fully saturated rings. The van der Waals surface area contributed by atoms with Crippen LogP contribution in [0.3, 0.4) is 0 Å². The molecule has 7 aromatic carbocycles. The third kappa shape index (κ3) is 8.97. The van der Waals surface area contributed by atoms with Crippen LogP contribution >= 0.6 is 22.7 Å². The molecule has 0 N–H and O–H groups in total. The number of fused-ring (bicyclic) bond motifs is 5. The SMILES string of the molecule is CCN(CC)c1ccc2cc(-c3ccc(N(c4ccc(-c5ccc(-c6ccc(-c7cc8ccc(N(CC)CC)cc8oc7=O)s6)s5)cc4)c4ccc(-c5cc6c(ccc7ccccc76)oc5=O)cc4)cc3)c(=O)oc2c1. The summed E-state index contributed by atoms with van der Waals surface area (Å²) in [6.07, 6.45) is 0. The van der Waals surface area contributed by atoms with Gasteiger partial charge in [-0.3, -0.25) is 0 Å². The normalized spacial score (nSPS) is 11.5. The largest absolute Gasteiger partial charge is 0.422 e. The Hall–Kier alpha value is -8.77. The molecule has 9 nitrogen and oxygen atoms in total. The van der Waals surface area contributed by atoms with Crippen molar-refractivity contribution >= 4 is 94.8 Å². The van der Waals surface area contributed by atoms with Crippen LogP contribution in [0.2, 0.25) is 0 Å². The van der Waals surface area contributed by atoms with E-state index in [-0.39, 0.29) is 5.63 Å². The Bertz CT molecular complexity index is 4310. The molecule has 0 unspecified atom stereocenters. The Kier molecular flexibility index (Phi) is 12.8. The maximum Gasteiger partial charge on any atom is 0.345 e. The van der Waals surface area contributed by atoms with Crippen LogP contribution in [-0.2, 0) is 0 Å². The van der Waals surface area contributed by atoms with Crippen molar-refractivity contribution in [2.75, 3.05) is 40.9 Å². The first-order valence-corrected chi connectivity index (χ1v) is 27.2. The van der Waals surface area contributed by atoms with Crippen LogP contribution in [0.15, 0.2) is 216 Å². The van der Waals surface area contributed by atoms with Crippen molar-refractivity contribution in [1.82, 2.24) is 0 Å². The summed E-state index contributed by atoms with van der Waals surface area (Å²) >= 11 is 3.28. The van der Waals surface area contributed by atoms with Crippen molar-refractivity contribution in [1.29, 1.82) is 0 Å². The molecule has 0 aliphatic rings. The number of hydrogen-bond acceptors (Lipinski definition) is 11. The van der Waals surface area contributed by atoms with Crippen molar-refractivity contribution < 1.29 is 13.3 Å². The molecule has 0 amide bonds. The molecule has 11 heteroatoms. The van der Waals surface area contributed by atoms with Crippen LogP contribution in [0.1, 0.15) is 27.7 Å². The number of benzene rings is 7. The lowest BCUT2D eigenvalue weighted by atomic mass is 10.0. The predicted molar refractivity (Wildman–Crippen MR) is 317 cm³/mol. The van der Waals surface area contributed by atoms with Gasteiger partial charge in [0.1, 0.15) is 16.7 Å². The number of hydrogen-bond donors (Lipinski definition) is 0. The summed E-state index contributed by atoms with van der Waals surface area (Å²) in [5, 5.41) is 4.70. The van der Waals surface area contributed by atoms with Gasteiger partial charge in [-0.1, -0.05) is 66.7 Å². The van der Waals surface area contributed by atoms with Gasteiger partial charge in [0.2, 0.25) is 0 Å². The van der Waals surface area contributed by atoms with Crippen LogP contribution < -0.4 is 31.6 Å². The highest BCUT2D eigenvalue weighted by Crippen LogP contribution is 2.43. The van der Waals surface area contributed by atoms with Gasteiger partial charge < -0.3 is 28.0 Å². The van der Waals surface area contributed by atoms with E-state index in [9.17, 15) is 14.4 Å². The maximum absolute atomic E-state index is 13.6. The number of nitrogens with zero attached hydrogens (tertiary/aromatic N) is 3. The lowest BCUT2D eigenvalue weighted by Crippen LogP contribution is -2.21. The molecule has 0 spiro atoms.